The number of aryl methyl sites for hydroxylation is 3. The van der Waals surface area contributed by atoms with Crippen molar-refractivity contribution in [1.82, 2.24) is 0 Å². The van der Waals surface area contributed by atoms with Gasteiger partial charge in [0.05, 0.1) is 13.2 Å². The molecule has 0 N–H and O–H groups in total. The van der Waals surface area contributed by atoms with Gasteiger partial charge in [0.2, 0.25) is 0 Å². The molecule has 1 unspecified atom stereocenters. The summed E-state index contributed by atoms with van der Waals surface area (Å²) in [5, 5.41) is 0. The maximum Gasteiger partial charge on any atom is 0.353 e. The van der Waals surface area contributed by atoms with Crippen molar-refractivity contribution in [3.8, 4) is 0 Å². The molecule has 0 aliphatic carbocycles. The predicted molar refractivity (Wildman–Crippen MR) is 89.1 cm³/mol. The normalized spacial score (nSPS) is 13.8. The maximum absolute atomic E-state index is 12.4. The van der Waals surface area contributed by atoms with Gasteiger partial charge in [-0.25, -0.2) is 0 Å². The van der Waals surface area contributed by atoms with Gasteiger partial charge in [-0.2, -0.15) is 0 Å². The Morgan fingerprint density at radius 2 is 1.57 bits per heavy atom. The van der Waals surface area contributed by atoms with Gasteiger partial charge in [0.25, 0.3) is 0 Å². The molecule has 0 aliphatic rings. The molecule has 1 aromatic rings. The Labute approximate surface area is 128 Å². The molecular formula is C17H27O3P. The molecule has 0 radical (unpaired) electrons. The van der Waals surface area contributed by atoms with Crippen molar-refractivity contribution >= 4 is 7.60 Å². The van der Waals surface area contributed by atoms with E-state index in [1.165, 1.54) is 22.3 Å². The van der Waals surface area contributed by atoms with Gasteiger partial charge in [0.1, 0.15) is 0 Å². The molecule has 0 heterocycles. The van der Waals surface area contributed by atoms with E-state index in [0.29, 0.717) is 13.2 Å². The zero-order valence-corrected chi connectivity index (χ0v) is 14.9. The van der Waals surface area contributed by atoms with Crippen LogP contribution in [-0.2, 0) is 13.6 Å². The van der Waals surface area contributed by atoms with E-state index in [2.05, 4.69) is 39.8 Å². The smallest absolute Gasteiger partial charge is 0.306 e. The second-order valence-corrected chi connectivity index (χ2v) is 7.21. The summed E-state index contributed by atoms with van der Waals surface area (Å²) in [4.78, 5) is 0. The van der Waals surface area contributed by atoms with Gasteiger partial charge in [-0.1, -0.05) is 30.7 Å². The first kappa shape index (κ1) is 18.2. The van der Waals surface area contributed by atoms with Crippen molar-refractivity contribution in [2.75, 3.05) is 13.2 Å². The van der Waals surface area contributed by atoms with Crippen molar-refractivity contribution < 1.29 is 13.6 Å². The average Bonchev–Trinajstić information content (AvgIpc) is 2.36. The summed E-state index contributed by atoms with van der Waals surface area (Å²) in [6.07, 6.45) is 1.93. The minimum Gasteiger partial charge on any atom is -0.306 e. The van der Waals surface area contributed by atoms with E-state index in [9.17, 15) is 4.57 Å². The lowest BCUT2D eigenvalue weighted by Gasteiger charge is -2.17. The third kappa shape index (κ3) is 5.10. The fourth-order valence-electron chi connectivity index (χ4n) is 2.72. The molecule has 0 fully saturated rings. The molecule has 118 valence electrons. The topological polar surface area (TPSA) is 35.5 Å². The zero-order chi connectivity index (χ0) is 16.0. The molecule has 4 heteroatoms. The number of hydrogen-bond acceptors (Lipinski definition) is 3. The lowest BCUT2D eigenvalue weighted by Crippen LogP contribution is -1.99. The first-order valence-corrected chi connectivity index (χ1v) is 9.10. The van der Waals surface area contributed by atoms with Gasteiger partial charge in [0, 0.05) is 11.7 Å². The van der Waals surface area contributed by atoms with Crippen molar-refractivity contribution in [2.45, 2.75) is 47.5 Å². The molecule has 3 nitrogen and oxygen atoms in total. The molecule has 0 aromatic heterocycles. The van der Waals surface area contributed by atoms with Crippen LogP contribution in [0.3, 0.4) is 0 Å². The minimum atomic E-state index is -3.11. The summed E-state index contributed by atoms with van der Waals surface area (Å²) in [5.41, 5.74) is 5.05. The van der Waals surface area contributed by atoms with E-state index in [-0.39, 0.29) is 5.92 Å². The van der Waals surface area contributed by atoms with Crippen LogP contribution < -0.4 is 0 Å². The van der Waals surface area contributed by atoms with Crippen molar-refractivity contribution in [3.05, 3.63) is 46.3 Å². The third-order valence-electron chi connectivity index (χ3n) is 3.37. The van der Waals surface area contributed by atoms with Crippen LogP contribution in [0.1, 0.15) is 48.9 Å². The Balaban J connectivity index is 3.02. The van der Waals surface area contributed by atoms with Gasteiger partial charge in [0.15, 0.2) is 0 Å². The van der Waals surface area contributed by atoms with E-state index in [4.69, 9.17) is 9.05 Å². The SMILES string of the molecule is CCOP(=O)(/C=C/C(C)c1c(C)cc(C)cc1C)OCC. The van der Waals surface area contributed by atoms with Gasteiger partial charge in [-0.3, -0.25) is 4.57 Å². The zero-order valence-electron chi connectivity index (χ0n) is 14.0. The van der Waals surface area contributed by atoms with Crippen LogP contribution in [0.2, 0.25) is 0 Å². The molecule has 0 saturated carbocycles. The highest BCUT2D eigenvalue weighted by Crippen LogP contribution is 2.50. The fraction of sp³-hybridized carbons (Fsp3) is 0.529. The quantitative estimate of drug-likeness (QED) is 0.624. The van der Waals surface area contributed by atoms with Crippen LogP contribution in [0.4, 0.5) is 0 Å². The summed E-state index contributed by atoms with van der Waals surface area (Å²) >= 11 is 0. The third-order valence-corrected chi connectivity index (χ3v) is 5.14. The summed E-state index contributed by atoms with van der Waals surface area (Å²) < 4.78 is 23.0. The Kier molecular flexibility index (Phi) is 6.86. The molecular weight excluding hydrogens is 283 g/mol. The standard InChI is InChI=1S/C17H27O3P/c1-7-19-21(18,20-8-2)10-9-14(4)17-15(5)11-13(3)12-16(17)6/h9-12,14H,7-8H2,1-6H3/b10-9+. The highest BCUT2D eigenvalue weighted by Gasteiger charge is 2.20. The second-order valence-electron chi connectivity index (χ2n) is 5.32. The lowest BCUT2D eigenvalue weighted by molar-refractivity contribution is 0.229. The summed E-state index contributed by atoms with van der Waals surface area (Å²) in [6, 6.07) is 4.36. The predicted octanol–water partition coefficient (Wildman–Crippen LogP) is 5.50. The highest BCUT2D eigenvalue weighted by molar-refractivity contribution is 7.57. The van der Waals surface area contributed by atoms with Crippen LogP contribution >= 0.6 is 7.60 Å². The molecule has 1 aromatic carbocycles. The Hall–Kier alpha value is -0.890. The van der Waals surface area contributed by atoms with Gasteiger partial charge in [-0.15, -0.1) is 0 Å². The number of allylic oxidation sites excluding steroid dienone is 1. The van der Waals surface area contributed by atoms with Crippen LogP contribution in [-0.4, -0.2) is 13.2 Å². The first-order valence-electron chi connectivity index (χ1n) is 7.48. The van der Waals surface area contributed by atoms with E-state index in [1.54, 1.807) is 5.82 Å². The van der Waals surface area contributed by atoms with Crippen LogP contribution in [0, 0.1) is 20.8 Å². The monoisotopic (exact) mass is 310 g/mol. The van der Waals surface area contributed by atoms with Crippen molar-refractivity contribution in [3.63, 3.8) is 0 Å². The average molecular weight is 310 g/mol. The largest absolute Gasteiger partial charge is 0.353 e. The van der Waals surface area contributed by atoms with Crippen LogP contribution in [0.15, 0.2) is 24.0 Å². The molecule has 0 aliphatic heterocycles. The number of benzene rings is 1. The van der Waals surface area contributed by atoms with Crippen LogP contribution in [0.5, 0.6) is 0 Å². The Bertz CT molecular complexity index is 516. The minimum absolute atomic E-state index is 0.167. The van der Waals surface area contributed by atoms with Crippen molar-refractivity contribution in [1.29, 1.82) is 0 Å². The van der Waals surface area contributed by atoms with E-state index < -0.39 is 7.60 Å². The first-order chi connectivity index (χ1) is 9.83. The fourth-order valence-corrected chi connectivity index (χ4v) is 4.16. The number of rotatable bonds is 7. The van der Waals surface area contributed by atoms with Gasteiger partial charge < -0.3 is 9.05 Å². The molecule has 21 heavy (non-hydrogen) atoms. The molecule has 0 bridgehead atoms. The Morgan fingerprint density at radius 3 is 2.00 bits per heavy atom. The molecule has 0 saturated heterocycles. The van der Waals surface area contributed by atoms with Crippen molar-refractivity contribution in [2.24, 2.45) is 0 Å². The van der Waals surface area contributed by atoms with Gasteiger partial charge in [-0.05, 0) is 51.3 Å². The van der Waals surface area contributed by atoms with E-state index >= 15 is 0 Å². The molecule has 1 atom stereocenters. The number of hydrogen-bond donors (Lipinski definition) is 0. The molecule has 1 rings (SSSR count). The summed E-state index contributed by atoms with van der Waals surface area (Å²) in [7, 11) is -3.11. The maximum atomic E-state index is 12.4. The van der Waals surface area contributed by atoms with E-state index in [1.807, 2.05) is 19.9 Å². The highest BCUT2D eigenvalue weighted by atomic mass is 31.2. The summed E-state index contributed by atoms with van der Waals surface area (Å²) in [5.74, 6) is 1.77. The van der Waals surface area contributed by atoms with E-state index in [0.717, 1.165) is 0 Å². The second kappa shape index (κ2) is 7.93. The molecule has 0 spiro atoms. The van der Waals surface area contributed by atoms with Crippen LogP contribution in [0.25, 0.3) is 0 Å². The Morgan fingerprint density at radius 1 is 1.10 bits per heavy atom. The molecule has 0 amide bonds. The van der Waals surface area contributed by atoms with Gasteiger partial charge >= 0.3 is 7.60 Å². The summed E-state index contributed by atoms with van der Waals surface area (Å²) in [6.45, 7) is 12.8. The lowest BCUT2D eigenvalue weighted by atomic mass is 9.91.